The van der Waals surface area contributed by atoms with Crippen LogP contribution in [0.15, 0.2) is 22.7 Å². The Morgan fingerprint density at radius 2 is 2.00 bits per heavy atom. The lowest BCUT2D eigenvalue weighted by molar-refractivity contribution is 0.151. The Morgan fingerprint density at radius 1 is 1.30 bits per heavy atom. The van der Waals surface area contributed by atoms with Crippen LogP contribution in [-0.4, -0.2) is 21.5 Å². The van der Waals surface area contributed by atoms with Gasteiger partial charge in [-0.05, 0) is 12.1 Å². The predicted molar refractivity (Wildman–Crippen MR) is 77.0 cm³/mol. The van der Waals surface area contributed by atoms with Crippen molar-refractivity contribution in [3.05, 3.63) is 45.5 Å². The molecule has 0 unspecified atom stereocenters. The van der Waals surface area contributed by atoms with Gasteiger partial charge in [-0.1, -0.05) is 34.4 Å². The molecule has 0 aliphatic carbocycles. The molecular formula is C12H12Cl2N2O3S. The standard InChI is InChI=1S/C12H12Cl2N2O3S/c1-18-5-12-15-11(16-19-12)7-20(17)6-8-9(13)3-2-4-10(8)14/h2-4H,5-7H2,1H3/t20-/m1/s1. The Hall–Kier alpha value is -0.950. The summed E-state index contributed by atoms with van der Waals surface area (Å²) >= 11 is 12.1. The van der Waals surface area contributed by atoms with Crippen LogP contribution in [0.2, 0.25) is 10.0 Å². The van der Waals surface area contributed by atoms with Gasteiger partial charge in [-0.2, -0.15) is 4.98 Å². The topological polar surface area (TPSA) is 65.2 Å². The Bertz CT molecular complexity index is 598. The van der Waals surface area contributed by atoms with E-state index in [1.165, 1.54) is 7.11 Å². The summed E-state index contributed by atoms with van der Waals surface area (Å²) in [5, 5.41) is 4.73. The molecule has 0 fully saturated rings. The Kier molecular flexibility index (Phi) is 5.54. The number of methoxy groups -OCH3 is 1. The molecule has 0 N–H and O–H groups in total. The second-order valence-electron chi connectivity index (χ2n) is 3.97. The van der Waals surface area contributed by atoms with Gasteiger partial charge in [0.1, 0.15) is 6.61 Å². The third kappa shape index (κ3) is 4.02. The quantitative estimate of drug-likeness (QED) is 0.812. The van der Waals surface area contributed by atoms with Crippen molar-refractivity contribution in [3.63, 3.8) is 0 Å². The van der Waals surface area contributed by atoms with Crippen molar-refractivity contribution in [1.29, 1.82) is 0 Å². The molecule has 0 aliphatic rings. The molecule has 2 rings (SSSR count). The highest BCUT2D eigenvalue weighted by atomic mass is 35.5. The maximum atomic E-state index is 12.1. The van der Waals surface area contributed by atoms with Crippen LogP contribution in [0.5, 0.6) is 0 Å². The molecule has 0 bridgehead atoms. The van der Waals surface area contributed by atoms with Crippen molar-refractivity contribution in [3.8, 4) is 0 Å². The summed E-state index contributed by atoms with van der Waals surface area (Å²) in [6.45, 7) is 0.232. The van der Waals surface area contributed by atoms with Gasteiger partial charge >= 0.3 is 0 Å². The number of hydrogen-bond donors (Lipinski definition) is 0. The summed E-state index contributed by atoms with van der Waals surface area (Å²) in [4.78, 5) is 4.06. The average molecular weight is 335 g/mol. The minimum Gasteiger partial charge on any atom is -0.375 e. The van der Waals surface area contributed by atoms with E-state index in [1.807, 2.05) is 0 Å². The van der Waals surface area contributed by atoms with Gasteiger partial charge in [-0.3, -0.25) is 4.21 Å². The first-order valence-corrected chi connectivity index (χ1v) is 7.93. The molecule has 0 saturated carbocycles. The highest BCUT2D eigenvalue weighted by Crippen LogP contribution is 2.25. The number of aromatic nitrogens is 2. The zero-order chi connectivity index (χ0) is 14.5. The summed E-state index contributed by atoms with van der Waals surface area (Å²) in [6, 6.07) is 5.17. The normalized spacial score (nSPS) is 12.6. The lowest BCUT2D eigenvalue weighted by Crippen LogP contribution is -2.02. The fourth-order valence-corrected chi connectivity index (χ4v) is 3.39. The second kappa shape index (κ2) is 7.17. The molecule has 0 spiro atoms. The van der Waals surface area contributed by atoms with Crippen LogP contribution in [0.1, 0.15) is 17.3 Å². The van der Waals surface area contributed by atoms with Gasteiger partial charge in [0.2, 0.25) is 0 Å². The number of hydrogen-bond acceptors (Lipinski definition) is 5. The van der Waals surface area contributed by atoms with Gasteiger partial charge in [-0.25, -0.2) is 0 Å². The molecule has 1 aromatic carbocycles. The van der Waals surface area contributed by atoms with E-state index in [2.05, 4.69) is 10.1 Å². The van der Waals surface area contributed by atoms with Crippen LogP contribution in [-0.2, 0) is 33.6 Å². The minimum atomic E-state index is -1.23. The molecule has 5 nitrogen and oxygen atoms in total. The van der Waals surface area contributed by atoms with Crippen LogP contribution in [0, 0.1) is 0 Å². The summed E-state index contributed by atoms with van der Waals surface area (Å²) in [5.74, 6) is 1.15. The van der Waals surface area contributed by atoms with Gasteiger partial charge in [0, 0.05) is 33.5 Å². The van der Waals surface area contributed by atoms with E-state index in [0.29, 0.717) is 27.3 Å². The maximum absolute atomic E-state index is 12.1. The number of ether oxygens (including phenoxy) is 1. The van der Waals surface area contributed by atoms with Crippen molar-refractivity contribution >= 4 is 34.0 Å². The lowest BCUT2D eigenvalue weighted by Gasteiger charge is -2.05. The molecular weight excluding hydrogens is 323 g/mol. The molecule has 0 saturated heterocycles. The van der Waals surface area contributed by atoms with E-state index >= 15 is 0 Å². The third-order valence-electron chi connectivity index (χ3n) is 2.44. The van der Waals surface area contributed by atoms with Crippen LogP contribution in [0.3, 0.4) is 0 Å². The van der Waals surface area contributed by atoms with Gasteiger partial charge in [0.15, 0.2) is 5.82 Å². The van der Waals surface area contributed by atoms with Gasteiger partial charge in [0.25, 0.3) is 5.89 Å². The van der Waals surface area contributed by atoms with Crippen LogP contribution in [0.25, 0.3) is 0 Å². The Morgan fingerprint density at radius 3 is 2.65 bits per heavy atom. The fraction of sp³-hybridized carbons (Fsp3) is 0.333. The molecule has 1 aromatic heterocycles. The maximum Gasteiger partial charge on any atom is 0.252 e. The monoisotopic (exact) mass is 334 g/mol. The minimum absolute atomic E-state index is 0.175. The first-order chi connectivity index (χ1) is 9.60. The van der Waals surface area contributed by atoms with E-state index in [9.17, 15) is 4.21 Å². The number of halogens is 2. The summed E-state index contributed by atoms with van der Waals surface area (Å²) < 4.78 is 21.9. The third-order valence-corrected chi connectivity index (χ3v) is 4.33. The Balaban J connectivity index is 2.01. The molecule has 0 radical (unpaired) electrons. The fourth-order valence-electron chi connectivity index (χ4n) is 1.56. The molecule has 20 heavy (non-hydrogen) atoms. The van der Waals surface area contributed by atoms with Crippen LogP contribution in [0.4, 0.5) is 0 Å². The zero-order valence-corrected chi connectivity index (χ0v) is 13.0. The molecule has 1 heterocycles. The first kappa shape index (κ1) is 15.4. The second-order valence-corrected chi connectivity index (χ2v) is 6.24. The number of benzene rings is 1. The van der Waals surface area contributed by atoms with E-state index in [1.54, 1.807) is 18.2 Å². The first-order valence-electron chi connectivity index (χ1n) is 5.68. The summed E-state index contributed by atoms with van der Waals surface area (Å²) in [7, 11) is 0.301. The molecule has 8 heteroatoms. The van der Waals surface area contributed by atoms with Crippen molar-refractivity contribution < 1.29 is 13.5 Å². The highest BCUT2D eigenvalue weighted by Gasteiger charge is 2.13. The summed E-state index contributed by atoms with van der Waals surface area (Å²) in [6.07, 6.45) is 0. The van der Waals surface area contributed by atoms with Crippen molar-refractivity contribution in [1.82, 2.24) is 10.1 Å². The van der Waals surface area contributed by atoms with E-state index in [0.717, 1.165) is 0 Å². The molecule has 1 atom stereocenters. The van der Waals surface area contributed by atoms with E-state index in [-0.39, 0.29) is 18.1 Å². The smallest absolute Gasteiger partial charge is 0.252 e. The SMILES string of the molecule is COCc1nc(C[S@](=O)Cc2c(Cl)cccc2Cl)no1. The van der Waals surface area contributed by atoms with Gasteiger partial charge in [-0.15, -0.1) is 0 Å². The van der Waals surface area contributed by atoms with Crippen molar-refractivity contribution in [2.75, 3.05) is 7.11 Å². The van der Waals surface area contributed by atoms with E-state index < -0.39 is 10.8 Å². The van der Waals surface area contributed by atoms with Crippen LogP contribution >= 0.6 is 23.2 Å². The molecule has 0 aliphatic heterocycles. The van der Waals surface area contributed by atoms with Gasteiger partial charge < -0.3 is 9.26 Å². The Labute approximate surface area is 128 Å². The number of nitrogens with zero attached hydrogens (tertiary/aromatic N) is 2. The number of rotatable bonds is 6. The van der Waals surface area contributed by atoms with Crippen molar-refractivity contribution in [2.45, 2.75) is 18.1 Å². The van der Waals surface area contributed by atoms with E-state index in [4.69, 9.17) is 32.5 Å². The predicted octanol–water partition coefficient (Wildman–Crippen LogP) is 2.97. The van der Waals surface area contributed by atoms with Crippen molar-refractivity contribution in [2.24, 2.45) is 0 Å². The highest BCUT2D eigenvalue weighted by molar-refractivity contribution is 7.83. The zero-order valence-electron chi connectivity index (χ0n) is 10.6. The summed E-state index contributed by atoms with van der Waals surface area (Å²) in [5.41, 5.74) is 0.662. The average Bonchev–Trinajstić information content (AvgIpc) is 2.82. The lowest BCUT2D eigenvalue weighted by atomic mass is 10.2. The molecule has 2 aromatic rings. The largest absolute Gasteiger partial charge is 0.375 e. The van der Waals surface area contributed by atoms with Crippen LogP contribution < -0.4 is 0 Å². The molecule has 0 amide bonds. The molecule has 108 valence electrons. The van der Waals surface area contributed by atoms with Gasteiger partial charge in [0.05, 0.1) is 11.5 Å².